The van der Waals surface area contributed by atoms with Crippen molar-refractivity contribution < 1.29 is 9.15 Å². The van der Waals surface area contributed by atoms with Crippen LogP contribution in [-0.2, 0) is 0 Å². The van der Waals surface area contributed by atoms with Crippen LogP contribution in [0.3, 0.4) is 0 Å². The monoisotopic (exact) mass is 385 g/mol. The van der Waals surface area contributed by atoms with Gasteiger partial charge in [-0.3, -0.25) is 0 Å². The highest BCUT2D eigenvalue weighted by Gasteiger charge is 2.13. The summed E-state index contributed by atoms with van der Waals surface area (Å²) in [5, 5.41) is 12.5. The van der Waals surface area contributed by atoms with Gasteiger partial charge in [-0.2, -0.15) is 10.2 Å². The number of hydrogen-bond donors (Lipinski definition) is 2. The average molecular weight is 385 g/mol. The van der Waals surface area contributed by atoms with Gasteiger partial charge in [0.05, 0.1) is 11.9 Å². The number of rotatable bonds is 8. The molecular formula is C22H19N5O2. The number of nitriles is 1. The van der Waals surface area contributed by atoms with Crippen LogP contribution >= 0.6 is 0 Å². The number of oxazole rings is 1. The van der Waals surface area contributed by atoms with E-state index in [9.17, 15) is 5.26 Å². The van der Waals surface area contributed by atoms with E-state index in [2.05, 4.69) is 28.4 Å². The molecule has 2 heterocycles. The van der Waals surface area contributed by atoms with Gasteiger partial charge in [0.2, 0.25) is 5.88 Å². The number of benzene rings is 1. The number of aromatic nitrogens is 2. The van der Waals surface area contributed by atoms with Crippen molar-refractivity contribution in [2.24, 2.45) is 0 Å². The van der Waals surface area contributed by atoms with Crippen LogP contribution in [0.1, 0.15) is 5.56 Å². The lowest BCUT2D eigenvalue weighted by atomic mass is 10.1. The number of nitrogen functional groups attached to an aromatic ring is 1. The molecule has 0 saturated carbocycles. The Morgan fingerprint density at radius 1 is 1.31 bits per heavy atom. The van der Waals surface area contributed by atoms with Gasteiger partial charge >= 0.3 is 0 Å². The first kappa shape index (κ1) is 19.5. The predicted molar refractivity (Wildman–Crippen MR) is 113 cm³/mol. The SMILES string of the molecule is C=C/C=C(\C=C)COc1nc(Nc2ccc(-c3cnco3)cc2)cc(N)c1C#N. The van der Waals surface area contributed by atoms with Crippen LogP contribution in [-0.4, -0.2) is 16.6 Å². The van der Waals surface area contributed by atoms with Gasteiger partial charge in [-0.05, 0) is 29.8 Å². The summed E-state index contributed by atoms with van der Waals surface area (Å²) in [4.78, 5) is 8.30. The first-order valence-electron chi connectivity index (χ1n) is 8.68. The highest BCUT2D eigenvalue weighted by atomic mass is 16.5. The Labute approximate surface area is 168 Å². The lowest BCUT2D eigenvalue weighted by molar-refractivity contribution is 0.341. The molecule has 7 heteroatoms. The van der Waals surface area contributed by atoms with Crippen LogP contribution in [0.5, 0.6) is 5.88 Å². The normalized spacial score (nSPS) is 10.8. The second kappa shape index (κ2) is 9.06. The molecule has 0 saturated heterocycles. The molecule has 0 atom stereocenters. The molecule has 0 aliphatic heterocycles. The molecule has 2 aromatic heterocycles. The summed E-state index contributed by atoms with van der Waals surface area (Å²) in [6.07, 6.45) is 8.07. The minimum atomic E-state index is 0.144. The lowest BCUT2D eigenvalue weighted by Gasteiger charge is -2.12. The second-order valence-electron chi connectivity index (χ2n) is 5.93. The zero-order valence-electron chi connectivity index (χ0n) is 15.6. The zero-order valence-corrected chi connectivity index (χ0v) is 15.6. The van der Waals surface area contributed by atoms with Crippen molar-refractivity contribution in [1.29, 1.82) is 5.26 Å². The third-order valence-electron chi connectivity index (χ3n) is 3.97. The van der Waals surface area contributed by atoms with Gasteiger partial charge in [0, 0.05) is 17.3 Å². The summed E-state index contributed by atoms with van der Waals surface area (Å²) in [7, 11) is 0. The van der Waals surface area contributed by atoms with E-state index in [0.717, 1.165) is 16.8 Å². The van der Waals surface area contributed by atoms with Crippen LogP contribution < -0.4 is 15.8 Å². The van der Waals surface area contributed by atoms with Crippen molar-refractivity contribution in [3.8, 4) is 23.3 Å². The Bertz CT molecular complexity index is 1080. The fourth-order valence-corrected chi connectivity index (χ4v) is 2.52. The highest BCUT2D eigenvalue weighted by Crippen LogP contribution is 2.28. The minimum Gasteiger partial charge on any atom is -0.472 e. The molecule has 0 bridgehead atoms. The highest BCUT2D eigenvalue weighted by molar-refractivity contribution is 5.69. The Hall–Kier alpha value is -4.31. The Kier molecular flexibility index (Phi) is 6.08. The molecule has 0 spiro atoms. The van der Waals surface area contributed by atoms with Crippen LogP contribution in [0.4, 0.5) is 17.2 Å². The molecule has 7 nitrogen and oxygen atoms in total. The predicted octanol–water partition coefficient (Wildman–Crippen LogP) is 4.61. The molecule has 0 fully saturated rings. The zero-order chi connectivity index (χ0) is 20.6. The number of nitrogens with one attached hydrogen (secondary N) is 1. The van der Waals surface area contributed by atoms with Gasteiger partial charge in [-0.15, -0.1) is 0 Å². The minimum absolute atomic E-state index is 0.144. The quantitative estimate of drug-likeness (QED) is 0.545. The molecule has 0 aliphatic carbocycles. The van der Waals surface area contributed by atoms with Crippen LogP contribution in [0.15, 0.2) is 84.3 Å². The van der Waals surface area contributed by atoms with Crippen LogP contribution in [0.25, 0.3) is 11.3 Å². The van der Waals surface area contributed by atoms with E-state index in [-0.39, 0.29) is 23.7 Å². The summed E-state index contributed by atoms with van der Waals surface area (Å²) >= 11 is 0. The number of nitrogens with zero attached hydrogens (tertiary/aromatic N) is 3. The van der Waals surface area contributed by atoms with Crippen molar-refractivity contribution in [3.63, 3.8) is 0 Å². The first-order chi connectivity index (χ1) is 14.1. The number of pyridine rings is 1. The summed E-state index contributed by atoms with van der Waals surface area (Å²) < 4.78 is 11.0. The van der Waals surface area contributed by atoms with Gasteiger partial charge in [0.25, 0.3) is 0 Å². The van der Waals surface area contributed by atoms with E-state index in [1.165, 1.54) is 6.39 Å². The number of anilines is 3. The van der Waals surface area contributed by atoms with Gasteiger partial charge in [-0.25, -0.2) is 4.98 Å². The van der Waals surface area contributed by atoms with Crippen molar-refractivity contribution in [2.45, 2.75) is 0 Å². The maximum Gasteiger partial charge on any atom is 0.236 e. The van der Waals surface area contributed by atoms with Crippen molar-refractivity contribution in [2.75, 3.05) is 17.7 Å². The van der Waals surface area contributed by atoms with E-state index in [0.29, 0.717) is 11.6 Å². The lowest BCUT2D eigenvalue weighted by Crippen LogP contribution is -2.06. The number of nitrogens with two attached hydrogens (primary N) is 1. The summed E-state index contributed by atoms with van der Waals surface area (Å²) in [6, 6.07) is 11.1. The molecule has 0 radical (unpaired) electrons. The Morgan fingerprint density at radius 3 is 2.72 bits per heavy atom. The largest absolute Gasteiger partial charge is 0.472 e. The standard InChI is InChI=1S/C22H19N5O2/c1-3-5-15(4-2)13-28-22-18(11-23)19(24)10-21(27-22)26-17-8-6-16(7-9-17)20-12-25-14-29-20/h3-10,12,14H,1-2,13H2,(H3,24,26,27)/b15-5+. The maximum atomic E-state index is 9.39. The van der Waals surface area contributed by atoms with Gasteiger partial charge < -0.3 is 20.2 Å². The van der Waals surface area contributed by atoms with Crippen LogP contribution in [0, 0.1) is 11.3 Å². The van der Waals surface area contributed by atoms with Crippen molar-refractivity contribution >= 4 is 17.2 Å². The molecule has 29 heavy (non-hydrogen) atoms. The van der Waals surface area contributed by atoms with E-state index in [1.807, 2.05) is 30.3 Å². The van der Waals surface area contributed by atoms with Gasteiger partial charge in [0.15, 0.2) is 12.2 Å². The van der Waals surface area contributed by atoms with E-state index >= 15 is 0 Å². The molecular weight excluding hydrogens is 366 g/mol. The summed E-state index contributed by atoms with van der Waals surface area (Å²) in [6.45, 7) is 7.56. The van der Waals surface area contributed by atoms with Crippen LogP contribution in [0.2, 0.25) is 0 Å². The summed E-state index contributed by atoms with van der Waals surface area (Å²) in [5.41, 5.74) is 8.95. The molecule has 0 unspecified atom stereocenters. The Morgan fingerprint density at radius 2 is 2.10 bits per heavy atom. The second-order valence-corrected chi connectivity index (χ2v) is 5.93. The van der Waals surface area contributed by atoms with E-state index in [4.69, 9.17) is 14.9 Å². The molecule has 3 rings (SSSR count). The third-order valence-corrected chi connectivity index (χ3v) is 3.97. The molecule has 144 valence electrons. The maximum absolute atomic E-state index is 9.39. The summed E-state index contributed by atoms with van der Waals surface area (Å²) in [5.74, 6) is 1.28. The molecule has 0 aliphatic rings. The Balaban J connectivity index is 1.81. The molecule has 1 aromatic carbocycles. The van der Waals surface area contributed by atoms with Crippen molar-refractivity contribution in [1.82, 2.24) is 9.97 Å². The van der Waals surface area contributed by atoms with E-state index in [1.54, 1.807) is 30.5 Å². The number of ether oxygens (including phenoxy) is 1. The number of allylic oxidation sites excluding steroid dienone is 2. The molecule has 3 N–H and O–H groups in total. The van der Waals surface area contributed by atoms with Gasteiger partial charge in [-0.1, -0.05) is 31.4 Å². The average Bonchev–Trinajstić information content (AvgIpc) is 3.26. The molecule has 0 amide bonds. The third kappa shape index (κ3) is 4.70. The van der Waals surface area contributed by atoms with Gasteiger partial charge in [0.1, 0.15) is 24.1 Å². The fourth-order valence-electron chi connectivity index (χ4n) is 2.52. The number of hydrogen-bond acceptors (Lipinski definition) is 7. The first-order valence-corrected chi connectivity index (χ1v) is 8.68. The van der Waals surface area contributed by atoms with Crippen molar-refractivity contribution in [3.05, 3.63) is 85.4 Å². The topological polar surface area (TPSA) is 110 Å². The fraction of sp³-hybridized carbons (Fsp3) is 0.0455. The smallest absolute Gasteiger partial charge is 0.236 e. The van der Waals surface area contributed by atoms with E-state index < -0.39 is 0 Å². The molecule has 3 aromatic rings.